The number of hydrogen-bond acceptors (Lipinski definition) is 2. The molecule has 94 valence electrons. The molecule has 1 aromatic rings. The summed E-state index contributed by atoms with van der Waals surface area (Å²) in [4.78, 5) is 10.5. The van der Waals surface area contributed by atoms with Gasteiger partial charge in [-0.15, -0.1) is 0 Å². The van der Waals surface area contributed by atoms with Crippen LogP contribution in [0.5, 0.6) is 0 Å². The second kappa shape index (κ2) is 6.77. The van der Waals surface area contributed by atoms with Crippen LogP contribution in [0.25, 0.3) is 0 Å². The summed E-state index contributed by atoms with van der Waals surface area (Å²) in [6.45, 7) is 2.07. The highest BCUT2D eigenvalue weighted by molar-refractivity contribution is 9.10. The Morgan fingerprint density at radius 3 is 2.82 bits per heavy atom. The van der Waals surface area contributed by atoms with Gasteiger partial charge in [-0.25, -0.2) is 0 Å². The lowest BCUT2D eigenvalue weighted by atomic mass is 9.97. The maximum absolute atomic E-state index is 10.5. The molecule has 0 saturated heterocycles. The van der Waals surface area contributed by atoms with E-state index in [-0.39, 0.29) is 12.5 Å². The average molecular weight is 300 g/mol. The monoisotopic (exact) mass is 299 g/mol. The summed E-state index contributed by atoms with van der Waals surface area (Å²) in [6, 6.07) is 6.40. The van der Waals surface area contributed by atoms with E-state index in [1.165, 1.54) is 11.1 Å². The second-order valence-electron chi connectivity index (χ2n) is 4.13. The lowest BCUT2D eigenvalue weighted by Crippen LogP contribution is -2.17. The minimum absolute atomic E-state index is 0.215. The fourth-order valence-corrected chi connectivity index (χ4v) is 2.28. The van der Waals surface area contributed by atoms with Gasteiger partial charge < -0.3 is 10.4 Å². The van der Waals surface area contributed by atoms with Gasteiger partial charge in [0, 0.05) is 16.9 Å². The fourth-order valence-electron chi connectivity index (χ4n) is 1.90. The van der Waals surface area contributed by atoms with Crippen LogP contribution in [0.1, 0.15) is 36.4 Å². The number of hydrogen-bond donors (Lipinski definition) is 2. The van der Waals surface area contributed by atoms with Crippen molar-refractivity contribution in [2.45, 2.75) is 32.2 Å². The van der Waals surface area contributed by atoms with E-state index in [4.69, 9.17) is 5.11 Å². The van der Waals surface area contributed by atoms with Gasteiger partial charge in [-0.3, -0.25) is 4.79 Å². The van der Waals surface area contributed by atoms with E-state index in [0.717, 1.165) is 10.9 Å². The Hall–Kier alpha value is -0.870. The number of nitrogens with one attached hydrogen (secondary N) is 1. The van der Waals surface area contributed by atoms with Crippen molar-refractivity contribution in [3.05, 3.63) is 33.8 Å². The minimum Gasteiger partial charge on any atom is -0.481 e. The third-order valence-electron chi connectivity index (χ3n) is 2.85. The quantitative estimate of drug-likeness (QED) is 0.847. The smallest absolute Gasteiger partial charge is 0.303 e. The Kier molecular flexibility index (Phi) is 5.65. The van der Waals surface area contributed by atoms with E-state index in [1.807, 2.05) is 13.1 Å². The van der Waals surface area contributed by atoms with E-state index >= 15 is 0 Å². The van der Waals surface area contributed by atoms with Crippen molar-refractivity contribution < 1.29 is 9.90 Å². The van der Waals surface area contributed by atoms with Gasteiger partial charge in [0.15, 0.2) is 0 Å². The van der Waals surface area contributed by atoms with Crippen molar-refractivity contribution in [2.24, 2.45) is 0 Å². The Morgan fingerprint density at radius 1 is 1.53 bits per heavy atom. The standard InChI is InChI=1S/C13H18BrNO2/c1-9-6-7-10(14)8-11(9)12(15-2)4-3-5-13(16)17/h6-8,12,15H,3-5H2,1-2H3,(H,16,17). The summed E-state index contributed by atoms with van der Waals surface area (Å²) >= 11 is 3.46. The van der Waals surface area contributed by atoms with E-state index < -0.39 is 5.97 Å². The maximum atomic E-state index is 10.5. The predicted octanol–water partition coefficient (Wildman–Crippen LogP) is 3.27. The third-order valence-corrected chi connectivity index (χ3v) is 3.34. The molecular weight excluding hydrogens is 282 g/mol. The molecule has 0 radical (unpaired) electrons. The molecule has 0 aromatic heterocycles. The molecule has 1 rings (SSSR count). The largest absolute Gasteiger partial charge is 0.481 e. The summed E-state index contributed by atoms with van der Waals surface area (Å²) < 4.78 is 1.05. The lowest BCUT2D eigenvalue weighted by Gasteiger charge is -2.18. The predicted molar refractivity (Wildman–Crippen MR) is 72.2 cm³/mol. The first-order valence-electron chi connectivity index (χ1n) is 5.69. The van der Waals surface area contributed by atoms with Gasteiger partial charge in [0.05, 0.1) is 0 Å². The molecule has 0 aliphatic rings. The zero-order valence-corrected chi connectivity index (χ0v) is 11.8. The SMILES string of the molecule is CNC(CCCC(=O)O)c1cc(Br)ccc1C. The van der Waals surface area contributed by atoms with Gasteiger partial charge in [-0.2, -0.15) is 0 Å². The van der Waals surface area contributed by atoms with Crippen LogP contribution in [-0.2, 0) is 4.79 Å². The summed E-state index contributed by atoms with van der Waals surface area (Å²) in [5, 5.41) is 11.9. The molecule has 0 fully saturated rings. The van der Waals surface area contributed by atoms with Gasteiger partial charge in [-0.1, -0.05) is 22.0 Å². The Balaban J connectivity index is 2.72. The minimum atomic E-state index is -0.731. The van der Waals surface area contributed by atoms with Gasteiger partial charge >= 0.3 is 5.97 Å². The summed E-state index contributed by atoms with van der Waals surface area (Å²) in [5.41, 5.74) is 2.45. The topological polar surface area (TPSA) is 49.3 Å². The highest BCUT2D eigenvalue weighted by Crippen LogP contribution is 2.25. The zero-order valence-electron chi connectivity index (χ0n) is 10.2. The first kappa shape index (κ1) is 14.2. The number of benzene rings is 1. The van der Waals surface area contributed by atoms with Crippen LogP contribution in [-0.4, -0.2) is 18.1 Å². The van der Waals surface area contributed by atoms with Crippen molar-refractivity contribution in [1.29, 1.82) is 0 Å². The van der Waals surface area contributed by atoms with Gasteiger partial charge in [-0.05, 0) is 50.1 Å². The van der Waals surface area contributed by atoms with Crippen molar-refractivity contribution in [3.63, 3.8) is 0 Å². The molecule has 1 atom stereocenters. The summed E-state index contributed by atoms with van der Waals surface area (Å²) in [6.07, 6.45) is 1.75. The van der Waals surface area contributed by atoms with Crippen molar-refractivity contribution in [3.8, 4) is 0 Å². The molecule has 1 unspecified atom stereocenters. The highest BCUT2D eigenvalue weighted by atomic mass is 79.9. The highest BCUT2D eigenvalue weighted by Gasteiger charge is 2.12. The molecule has 4 heteroatoms. The molecule has 0 bridgehead atoms. The molecule has 3 nitrogen and oxygen atoms in total. The Morgan fingerprint density at radius 2 is 2.24 bits per heavy atom. The first-order chi connectivity index (χ1) is 8.04. The molecule has 0 aliphatic carbocycles. The number of rotatable bonds is 6. The van der Waals surface area contributed by atoms with E-state index in [2.05, 4.69) is 40.3 Å². The molecule has 0 saturated carbocycles. The maximum Gasteiger partial charge on any atom is 0.303 e. The molecule has 0 spiro atoms. The normalized spacial score (nSPS) is 12.4. The number of carboxylic acids is 1. The summed E-state index contributed by atoms with van der Waals surface area (Å²) in [5.74, 6) is -0.731. The van der Waals surface area contributed by atoms with Crippen molar-refractivity contribution in [2.75, 3.05) is 7.05 Å². The zero-order chi connectivity index (χ0) is 12.8. The number of carboxylic acid groups (broad SMARTS) is 1. The van der Waals surface area contributed by atoms with E-state index in [1.54, 1.807) is 0 Å². The van der Waals surface area contributed by atoms with Gasteiger partial charge in [0.2, 0.25) is 0 Å². The summed E-state index contributed by atoms with van der Waals surface area (Å²) in [7, 11) is 1.91. The molecular formula is C13H18BrNO2. The average Bonchev–Trinajstić information content (AvgIpc) is 2.28. The number of carbonyl (C=O) groups is 1. The molecule has 0 aliphatic heterocycles. The van der Waals surface area contributed by atoms with Crippen LogP contribution in [0.4, 0.5) is 0 Å². The Bertz CT molecular complexity index is 393. The fraction of sp³-hybridized carbons (Fsp3) is 0.462. The van der Waals surface area contributed by atoms with E-state index in [0.29, 0.717) is 6.42 Å². The lowest BCUT2D eigenvalue weighted by molar-refractivity contribution is -0.137. The van der Waals surface area contributed by atoms with E-state index in [9.17, 15) is 4.79 Å². The van der Waals surface area contributed by atoms with Crippen LogP contribution in [0.15, 0.2) is 22.7 Å². The van der Waals surface area contributed by atoms with Gasteiger partial charge in [0.25, 0.3) is 0 Å². The molecule has 2 N–H and O–H groups in total. The van der Waals surface area contributed by atoms with Crippen LogP contribution in [0.3, 0.4) is 0 Å². The molecule has 0 amide bonds. The first-order valence-corrected chi connectivity index (χ1v) is 6.49. The van der Waals surface area contributed by atoms with Crippen LogP contribution < -0.4 is 5.32 Å². The number of halogens is 1. The number of aliphatic carboxylic acids is 1. The Labute approximate surface area is 110 Å². The van der Waals surface area contributed by atoms with Crippen LogP contribution in [0.2, 0.25) is 0 Å². The van der Waals surface area contributed by atoms with Gasteiger partial charge in [0.1, 0.15) is 0 Å². The van der Waals surface area contributed by atoms with Crippen molar-refractivity contribution >= 4 is 21.9 Å². The molecule has 0 heterocycles. The number of aryl methyl sites for hydroxylation is 1. The van der Waals surface area contributed by atoms with Crippen LogP contribution in [0, 0.1) is 6.92 Å². The molecule has 17 heavy (non-hydrogen) atoms. The van der Waals surface area contributed by atoms with Crippen molar-refractivity contribution in [1.82, 2.24) is 5.32 Å². The molecule has 1 aromatic carbocycles. The third kappa shape index (κ3) is 4.48. The van der Waals surface area contributed by atoms with Crippen LogP contribution >= 0.6 is 15.9 Å². The second-order valence-corrected chi connectivity index (χ2v) is 5.04.